The third-order valence-electron chi connectivity index (χ3n) is 4.38. The van der Waals surface area contributed by atoms with Gasteiger partial charge in [0.05, 0.1) is 24.0 Å². The van der Waals surface area contributed by atoms with E-state index in [4.69, 9.17) is 9.15 Å². The molecule has 3 heterocycles. The quantitative estimate of drug-likeness (QED) is 0.867. The van der Waals surface area contributed by atoms with E-state index in [0.717, 1.165) is 18.8 Å². The number of rotatable bonds is 6. The Morgan fingerprint density at radius 2 is 2.38 bits per heavy atom. The molecule has 1 aliphatic rings. The largest absolute Gasteiger partial charge is 0.469 e. The molecule has 1 saturated heterocycles. The van der Waals surface area contributed by atoms with Crippen LogP contribution in [0.15, 0.2) is 35.3 Å². The molecular formula is C17H22N4O3. The van der Waals surface area contributed by atoms with Crippen LogP contribution in [0.2, 0.25) is 0 Å². The molecule has 0 spiro atoms. The zero-order valence-electron chi connectivity index (χ0n) is 13.9. The highest BCUT2D eigenvalue weighted by Crippen LogP contribution is 2.24. The summed E-state index contributed by atoms with van der Waals surface area (Å²) in [4.78, 5) is 22.8. The van der Waals surface area contributed by atoms with Crippen molar-refractivity contribution < 1.29 is 13.9 Å². The lowest BCUT2D eigenvalue weighted by Crippen LogP contribution is -2.40. The Morgan fingerprint density at radius 1 is 1.50 bits per heavy atom. The number of hydrogen-bond donors (Lipinski definition) is 1. The smallest absolute Gasteiger partial charge is 0.254 e. The van der Waals surface area contributed by atoms with Gasteiger partial charge in [0, 0.05) is 32.8 Å². The van der Waals surface area contributed by atoms with E-state index in [9.17, 15) is 4.79 Å². The molecule has 0 unspecified atom stereocenters. The van der Waals surface area contributed by atoms with Gasteiger partial charge in [-0.1, -0.05) is 6.92 Å². The molecule has 1 N–H and O–H groups in total. The number of aromatic nitrogens is 2. The molecule has 24 heavy (non-hydrogen) atoms. The Labute approximate surface area is 141 Å². The second-order valence-corrected chi connectivity index (χ2v) is 5.79. The van der Waals surface area contributed by atoms with Crippen molar-refractivity contribution in [1.29, 1.82) is 0 Å². The average molecular weight is 330 g/mol. The van der Waals surface area contributed by atoms with E-state index in [1.165, 1.54) is 6.33 Å². The van der Waals surface area contributed by atoms with Crippen molar-refractivity contribution in [3.63, 3.8) is 0 Å². The number of furan rings is 1. The first-order valence-electron chi connectivity index (χ1n) is 8.13. The molecule has 2 aromatic rings. The van der Waals surface area contributed by atoms with Crippen LogP contribution in [-0.2, 0) is 11.2 Å². The first kappa shape index (κ1) is 16.4. The number of methoxy groups -OCH3 is 1. The molecule has 7 heteroatoms. The van der Waals surface area contributed by atoms with E-state index < -0.39 is 0 Å². The fraction of sp³-hybridized carbons (Fsp3) is 0.471. The van der Waals surface area contributed by atoms with Gasteiger partial charge in [-0.05, 0) is 18.6 Å². The summed E-state index contributed by atoms with van der Waals surface area (Å²) in [5, 5.41) is 3.01. The van der Waals surface area contributed by atoms with Gasteiger partial charge in [0.15, 0.2) is 0 Å². The maximum Gasteiger partial charge on any atom is 0.254 e. The van der Waals surface area contributed by atoms with Gasteiger partial charge < -0.3 is 19.4 Å². The molecule has 0 aliphatic carbocycles. The molecule has 128 valence electrons. The topological polar surface area (TPSA) is 80.5 Å². The molecule has 2 aromatic heterocycles. The predicted molar refractivity (Wildman–Crippen MR) is 89.0 cm³/mol. The Hall–Kier alpha value is -2.41. The minimum Gasteiger partial charge on any atom is -0.469 e. The Bertz CT molecular complexity index is 673. The van der Waals surface area contributed by atoms with Crippen LogP contribution in [0, 0.1) is 0 Å². The summed E-state index contributed by atoms with van der Waals surface area (Å²) in [7, 11) is 1.71. The summed E-state index contributed by atoms with van der Waals surface area (Å²) in [5.74, 6) is 1.45. The van der Waals surface area contributed by atoms with Crippen LogP contribution >= 0.6 is 0 Å². The molecule has 2 atom stereocenters. The summed E-state index contributed by atoms with van der Waals surface area (Å²) in [5.41, 5.74) is 0.604. The number of carbonyl (C=O) groups is 1. The lowest BCUT2D eigenvalue weighted by Gasteiger charge is -2.25. The Balaban J connectivity index is 1.67. The fourth-order valence-corrected chi connectivity index (χ4v) is 3.09. The summed E-state index contributed by atoms with van der Waals surface area (Å²) in [6.07, 6.45) is 6.46. The van der Waals surface area contributed by atoms with Gasteiger partial charge in [0.2, 0.25) is 0 Å². The van der Waals surface area contributed by atoms with Crippen molar-refractivity contribution >= 4 is 11.7 Å². The number of ether oxygens (including phenoxy) is 1. The normalized spacial score (nSPS) is 20.3. The number of amides is 1. The summed E-state index contributed by atoms with van der Waals surface area (Å²) < 4.78 is 10.8. The van der Waals surface area contributed by atoms with Gasteiger partial charge in [-0.2, -0.15) is 0 Å². The summed E-state index contributed by atoms with van der Waals surface area (Å²) >= 11 is 0. The zero-order chi connectivity index (χ0) is 16.9. The van der Waals surface area contributed by atoms with Crippen LogP contribution in [0.25, 0.3) is 0 Å². The number of hydrogen-bond acceptors (Lipinski definition) is 6. The minimum atomic E-state index is -0.107. The second kappa shape index (κ2) is 7.44. The maximum atomic E-state index is 12.4. The highest BCUT2D eigenvalue weighted by molar-refractivity contribution is 5.95. The zero-order valence-corrected chi connectivity index (χ0v) is 13.9. The van der Waals surface area contributed by atoms with Gasteiger partial charge in [0.25, 0.3) is 5.91 Å². The van der Waals surface area contributed by atoms with E-state index >= 15 is 0 Å². The van der Waals surface area contributed by atoms with Crippen molar-refractivity contribution in [2.24, 2.45) is 0 Å². The molecule has 0 bridgehead atoms. The van der Waals surface area contributed by atoms with Gasteiger partial charge in [-0.3, -0.25) is 4.79 Å². The molecule has 1 fully saturated rings. The van der Waals surface area contributed by atoms with E-state index in [-0.39, 0.29) is 18.1 Å². The number of nitrogens with zero attached hydrogens (tertiary/aromatic N) is 3. The van der Waals surface area contributed by atoms with E-state index in [1.54, 1.807) is 25.6 Å². The standard InChI is InChI=1S/C17H22N4O3/c1-3-15-14(5-7-24-15)17(22)19-9-12-8-13(23-2)10-21(12)16-4-6-18-11-20-16/h4-7,11-13H,3,8-10H2,1-2H3,(H,19,22)/t12-,13-/m1/s1. The average Bonchev–Trinajstić information content (AvgIpc) is 3.26. The monoisotopic (exact) mass is 330 g/mol. The maximum absolute atomic E-state index is 12.4. The van der Waals surface area contributed by atoms with Crippen molar-refractivity contribution in [2.75, 3.05) is 25.1 Å². The lowest BCUT2D eigenvalue weighted by atomic mass is 10.1. The predicted octanol–water partition coefficient (Wildman–Crippen LogP) is 1.66. The van der Waals surface area contributed by atoms with Crippen LogP contribution in [0.3, 0.4) is 0 Å². The first-order chi connectivity index (χ1) is 11.7. The molecule has 1 aliphatic heterocycles. The number of anilines is 1. The van der Waals surface area contributed by atoms with Crippen molar-refractivity contribution in [1.82, 2.24) is 15.3 Å². The van der Waals surface area contributed by atoms with Gasteiger partial charge >= 0.3 is 0 Å². The molecule has 0 radical (unpaired) electrons. The van der Waals surface area contributed by atoms with Gasteiger partial charge in [-0.15, -0.1) is 0 Å². The van der Waals surface area contributed by atoms with Crippen LogP contribution in [0.1, 0.15) is 29.5 Å². The van der Waals surface area contributed by atoms with Crippen molar-refractivity contribution in [3.8, 4) is 0 Å². The van der Waals surface area contributed by atoms with Crippen LogP contribution < -0.4 is 10.2 Å². The third kappa shape index (κ3) is 3.41. The van der Waals surface area contributed by atoms with Crippen LogP contribution in [-0.4, -0.2) is 48.2 Å². The third-order valence-corrected chi connectivity index (χ3v) is 4.38. The molecular weight excluding hydrogens is 308 g/mol. The van der Waals surface area contributed by atoms with Crippen molar-refractivity contribution in [2.45, 2.75) is 31.9 Å². The number of carbonyl (C=O) groups excluding carboxylic acids is 1. The molecule has 0 saturated carbocycles. The molecule has 7 nitrogen and oxygen atoms in total. The molecule has 1 amide bonds. The lowest BCUT2D eigenvalue weighted by molar-refractivity contribution is 0.0944. The minimum absolute atomic E-state index is 0.107. The SMILES string of the molecule is CCc1occc1C(=O)NC[C@H]1C[C@@H](OC)CN1c1ccncn1. The summed E-state index contributed by atoms with van der Waals surface area (Å²) in [6, 6.07) is 3.71. The van der Waals surface area contributed by atoms with Crippen molar-refractivity contribution in [3.05, 3.63) is 42.2 Å². The Morgan fingerprint density at radius 3 is 3.08 bits per heavy atom. The van der Waals surface area contributed by atoms with E-state index in [2.05, 4.69) is 20.2 Å². The molecule has 3 rings (SSSR count). The van der Waals surface area contributed by atoms with Crippen LogP contribution in [0.4, 0.5) is 5.82 Å². The van der Waals surface area contributed by atoms with E-state index in [1.807, 2.05) is 13.0 Å². The first-order valence-corrected chi connectivity index (χ1v) is 8.13. The van der Waals surface area contributed by atoms with Gasteiger partial charge in [-0.25, -0.2) is 9.97 Å². The number of nitrogens with one attached hydrogen (secondary N) is 1. The Kier molecular flexibility index (Phi) is 5.10. The van der Waals surface area contributed by atoms with Gasteiger partial charge in [0.1, 0.15) is 17.9 Å². The molecule has 0 aromatic carbocycles. The summed E-state index contributed by atoms with van der Waals surface area (Å²) in [6.45, 7) is 3.24. The second-order valence-electron chi connectivity index (χ2n) is 5.79. The highest BCUT2D eigenvalue weighted by Gasteiger charge is 2.33. The van der Waals surface area contributed by atoms with Crippen LogP contribution in [0.5, 0.6) is 0 Å². The van der Waals surface area contributed by atoms with E-state index in [0.29, 0.717) is 24.3 Å². The highest BCUT2D eigenvalue weighted by atomic mass is 16.5. The fourth-order valence-electron chi connectivity index (χ4n) is 3.09. The number of aryl methyl sites for hydroxylation is 1.